The van der Waals surface area contributed by atoms with Gasteiger partial charge in [-0.3, -0.25) is 14.5 Å². The minimum absolute atomic E-state index is 0.122. The number of piperidine rings is 3. The van der Waals surface area contributed by atoms with Crippen molar-refractivity contribution in [1.29, 1.82) is 0 Å². The average molecular weight is 358 g/mol. The number of fused-ring (bicyclic) bond motifs is 4. The Kier molecular flexibility index (Phi) is 4.21. The summed E-state index contributed by atoms with van der Waals surface area (Å²) in [5, 5.41) is 8.76. The van der Waals surface area contributed by atoms with E-state index in [2.05, 4.69) is 27.4 Å². The molecule has 2 atom stereocenters. The molecule has 3 saturated heterocycles. The van der Waals surface area contributed by atoms with Crippen LogP contribution < -0.4 is 10.6 Å². The van der Waals surface area contributed by atoms with Crippen molar-refractivity contribution in [2.24, 2.45) is 5.92 Å². The van der Waals surface area contributed by atoms with Crippen molar-refractivity contribution >= 4 is 38.9 Å². The first-order valence-electron chi connectivity index (χ1n) is 8.72. The Morgan fingerprint density at radius 2 is 2.08 bits per heavy atom. The molecule has 2 amide bonds. The zero-order valence-electron chi connectivity index (χ0n) is 14.4. The molecule has 0 unspecified atom stereocenters. The van der Waals surface area contributed by atoms with Crippen LogP contribution in [0.25, 0.3) is 10.1 Å². The Bertz CT molecular complexity index is 824. The largest absolute Gasteiger partial charge is 0.346 e. The molecule has 2 N–H and O–H groups in total. The molecule has 2 aromatic heterocycles. The molecule has 3 aliphatic rings. The number of hydrogen-bond donors (Lipinski definition) is 2. The maximum absolute atomic E-state index is 12.8. The van der Waals surface area contributed by atoms with Crippen molar-refractivity contribution < 1.29 is 9.59 Å². The van der Waals surface area contributed by atoms with Crippen LogP contribution in [-0.2, 0) is 4.79 Å². The van der Waals surface area contributed by atoms with Crippen LogP contribution in [0.1, 0.15) is 37.2 Å². The average Bonchev–Trinajstić information content (AvgIpc) is 3.00. The highest BCUT2D eigenvalue weighted by Gasteiger charge is 2.40. The number of nitrogens with one attached hydrogen (secondary N) is 2. The second kappa shape index (κ2) is 6.38. The fraction of sp³-hybridized carbons (Fsp3) is 0.500. The zero-order valence-corrected chi connectivity index (χ0v) is 15.2. The van der Waals surface area contributed by atoms with Gasteiger partial charge < -0.3 is 10.6 Å². The maximum atomic E-state index is 12.8. The van der Waals surface area contributed by atoms with Crippen LogP contribution >= 0.6 is 11.3 Å². The molecule has 3 aliphatic heterocycles. The van der Waals surface area contributed by atoms with Gasteiger partial charge in [0.15, 0.2) is 0 Å². The summed E-state index contributed by atoms with van der Waals surface area (Å²) in [4.78, 5) is 30.9. The Balaban J connectivity index is 1.56. The molecule has 0 radical (unpaired) electrons. The fourth-order valence-electron chi connectivity index (χ4n) is 4.11. The van der Waals surface area contributed by atoms with Crippen molar-refractivity contribution in [2.45, 2.75) is 38.8 Å². The number of carbonyl (C=O) groups excluding carboxylic acids is 2. The molecule has 6 nitrogen and oxygen atoms in total. The van der Waals surface area contributed by atoms with Crippen LogP contribution in [0.4, 0.5) is 5.69 Å². The summed E-state index contributed by atoms with van der Waals surface area (Å²) in [5.74, 6) is 0.305. The predicted molar refractivity (Wildman–Crippen MR) is 98.9 cm³/mol. The van der Waals surface area contributed by atoms with Crippen LogP contribution in [0.15, 0.2) is 17.6 Å². The Morgan fingerprint density at radius 1 is 1.32 bits per heavy atom. The van der Waals surface area contributed by atoms with Crippen molar-refractivity contribution in [3.05, 3.63) is 23.3 Å². The Labute approximate surface area is 150 Å². The number of carbonyl (C=O) groups is 2. The molecule has 25 heavy (non-hydrogen) atoms. The standard InChI is InChI=1S/C18H22N4O2S/c1-10-17(12-3-5-22(10)6-4-12)21-18(24)14-7-13-15(20-11(2)23)9-25-16(13)8-19-14/h7-10,12,17H,3-6H2,1-2H3,(H,20,23)(H,21,24)/t10-,17+/m1/s1. The number of amides is 2. The monoisotopic (exact) mass is 358 g/mol. The number of rotatable bonds is 3. The van der Waals surface area contributed by atoms with Crippen LogP contribution in [0.2, 0.25) is 0 Å². The molecule has 0 aliphatic carbocycles. The molecular formula is C18H22N4O2S. The van der Waals surface area contributed by atoms with Gasteiger partial charge in [0.1, 0.15) is 5.69 Å². The first-order valence-corrected chi connectivity index (χ1v) is 9.60. The Morgan fingerprint density at radius 3 is 2.76 bits per heavy atom. The Hall–Kier alpha value is -1.99. The molecule has 7 heteroatoms. The molecule has 0 aromatic carbocycles. The van der Waals surface area contributed by atoms with E-state index in [1.807, 2.05) is 5.38 Å². The van der Waals surface area contributed by atoms with E-state index in [-0.39, 0.29) is 17.9 Å². The molecule has 0 spiro atoms. The van der Waals surface area contributed by atoms with Gasteiger partial charge in [0, 0.05) is 36.0 Å². The minimum Gasteiger partial charge on any atom is -0.346 e. The van der Waals surface area contributed by atoms with Crippen LogP contribution in [0.3, 0.4) is 0 Å². The van der Waals surface area contributed by atoms with Gasteiger partial charge in [-0.05, 0) is 44.8 Å². The third-order valence-electron chi connectivity index (χ3n) is 5.48. The normalized spacial score (nSPS) is 28.1. The van der Waals surface area contributed by atoms with Gasteiger partial charge in [-0.15, -0.1) is 11.3 Å². The van der Waals surface area contributed by atoms with Gasteiger partial charge >= 0.3 is 0 Å². The van der Waals surface area contributed by atoms with Gasteiger partial charge in [-0.2, -0.15) is 0 Å². The van der Waals surface area contributed by atoms with Crippen molar-refractivity contribution in [3.8, 4) is 0 Å². The van der Waals surface area contributed by atoms with Gasteiger partial charge in [0.2, 0.25) is 5.91 Å². The molecule has 5 heterocycles. The third kappa shape index (κ3) is 3.02. The van der Waals surface area contributed by atoms with Crippen LogP contribution in [-0.4, -0.2) is 46.9 Å². The number of nitrogens with zero attached hydrogens (tertiary/aromatic N) is 2. The summed E-state index contributed by atoms with van der Waals surface area (Å²) in [6.07, 6.45) is 4.01. The lowest BCUT2D eigenvalue weighted by Gasteiger charge is -2.49. The summed E-state index contributed by atoms with van der Waals surface area (Å²) >= 11 is 1.51. The van der Waals surface area contributed by atoms with Gasteiger partial charge in [0.25, 0.3) is 5.91 Å². The quantitative estimate of drug-likeness (QED) is 0.884. The molecule has 2 aromatic rings. The van der Waals surface area contributed by atoms with E-state index in [9.17, 15) is 9.59 Å². The van der Waals surface area contributed by atoms with E-state index >= 15 is 0 Å². The lowest BCUT2D eigenvalue weighted by molar-refractivity contribution is -0.114. The zero-order chi connectivity index (χ0) is 17.6. The number of anilines is 1. The first kappa shape index (κ1) is 16.5. The highest BCUT2D eigenvalue weighted by atomic mass is 32.1. The lowest BCUT2D eigenvalue weighted by atomic mass is 9.79. The van der Waals surface area contributed by atoms with E-state index in [4.69, 9.17) is 0 Å². The van der Waals surface area contributed by atoms with E-state index in [1.54, 1.807) is 12.3 Å². The number of hydrogen-bond acceptors (Lipinski definition) is 5. The van der Waals surface area contributed by atoms with Crippen molar-refractivity contribution in [2.75, 3.05) is 18.4 Å². The summed E-state index contributed by atoms with van der Waals surface area (Å²) in [6, 6.07) is 2.33. The molecule has 3 fully saturated rings. The number of pyridine rings is 1. The minimum atomic E-state index is -0.132. The third-order valence-corrected chi connectivity index (χ3v) is 6.41. The second-order valence-electron chi connectivity index (χ2n) is 7.01. The SMILES string of the molecule is CC(=O)Nc1csc2cnc(C(=O)N[C@@H]3C4CCN(CC4)[C@@H]3C)cc12. The fourth-order valence-corrected chi connectivity index (χ4v) is 4.95. The van der Waals surface area contributed by atoms with Crippen molar-refractivity contribution in [1.82, 2.24) is 15.2 Å². The predicted octanol–water partition coefficient (Wildman–Crippen LogP) is 2.47. The first-order chi connectivity index (χ1) is 12.0. The smallest absolute Gasteiger partial charge is 0.270 e. The molecule has 2 bridgehead atoms. The van der Waals surface area contributed by atoms with Crippen LogP contribution in [0, 0.1) is 5.92 Å². The molecular weight excluding hydrogens is 336 g/mol. The number of aromatic nitrogens is 1. The van der Waals surface area contributed by atoms with E-state index < -0.39 is 0 Å². The maximum Gasteiger partial charge on any atom is 0.270 e. The second-order valence-corrected chi connectivity index (χ2v) is 7.92. The van der Waals surface area contributed by atoms with Crippen LogP contribution in [0.5, 0.6) is 0 Å². The summed E-state index contributed by atoms with van der Waals surface area (Å²) in [5.41, 5.74) is 1.14. The topological polar surface area (TPSA) is 74.3 Å². The summed E-state index contributed by atoms with van der Waals surface area (Å²) in [7, 11) is 0. The summed E-state index contributed by atoms with van der Waals surface area (Å²) in [6.45, 7) is 5.95. The van der Waals surface area contributed by atoms with Gasteiger partial charge in [0.05, 0.1) is 10.4 Å². The van der Waals surface area contributed by atoms with E-state index in [0.717, 1.165) is 41.7 Å². The molecule has 5 rings (SSSR count). The van der Waals surface area contributed by atoms with E-state index in [1.165, 1.54) is 18.3 Å². The number of thiophene rings is 1. The highest BCUT2D eigenvalue weighted by Crippen LogP contribution is 2.33. The lowest BCUT2D eigenvalue weighted by Crippen LogP contribution is -2.62. The molecule has 0 saturated carbocycles. The molecule has 132 valence electrons. The van der Waals surface area contributed by atoms with Gasteiger partial charge in [-0.25, -0.2) is 4.98 Å². The highest BCUT2D eigenvalue weighted by molar-refractivity contribution is 7.17. The summed E-state index contributed by atoms with van der Waals surface area (Å²) < 4.78 is 0.955. The van der Waals surface area contributed by atoms with E-state index in [0.29, 0.717) is 17.7 Å². The van der Waals surface area contributed by atoms with Crippen molar-refractivity contribution in [3.63, 3.8) is 0 Å². The van der Waals surface area contributed by atoms with Gasteiger partial charge in [-0.1, -0.05) is 0 Å².